The maximum absolute atomic E-state index is 12.1. The van der Waals surface area contributed by atoms with Crippen LogP contribution >= 0.6 is 11.3 Å². The van der Waals surface area contributed by atoms with E-state index in [1.54, 1.807) is 17.4 Å². The van der Waals surface area contributed by atoms with Crippen LogP contribution in [-0.4, -0.2) is 16.0 Å². The molecule has 2 N–H and O–H groups in total. The number of amides is 1. The minimum Gasteiger partial charge on any atom is -0.392 e. The average molecular weight is 304 g/mol. The standard InChI is InChI=1S/C16H20N2O2S/c1-10(2)16-17-13(9-21-16)7-15(20)18-14-6-12(8-19)5-4-11(14)3/h4-6,9-10,19H,7-8H2,1-3H3,(H,18,20). The first-order valence-corrected chi connectivity index (χ1v) is 7.82. The molecule has 21 heavy (non-hydrogen) atoms. The lowest BCUT2D eigenvalue weighted by Crippen LogP contribution is -2.15. The van der Waals surface area contributed by atoms with Gasteiger partial charge in [-0.3, -0.25) is 4.79 Å². The highest BCUT2D eigenvalue weighted by Crippen LogP contribution is 2.20. The van der Waals surface area contributed by atoms with Gasteiger partial charge in [-0.15, -0.1) is 11.3 Å². The van der Waals surface area contributed by atoms with Crippen molar-refractivity contribution < 1.29 is 9.90 Å². The molecule has 112 valence electrons. The normalized spacial score (nSPS) is 10.9. The summed E-state index contributed by atoms with van der Waals surface area (Å²) in [7, 11) is 0. The molecule has 0 saturated carbocycles. The monoisotopic (exact) mass is 304 g/mol. The summed E-state index contributed by atoms with van der Waals surface area (Å²) in [6.07, 6.45) is 0.270. The van der Waals surface area contributed by atoms with E-state index in [1.165, 1.54) is 0 Å². The van der Waals surface area contributed by atoms with Gasteiger partial charge in [-0.05, 0) is 24.1 Å². The number of aliphatic hydroxyl groups excluding tert-OH is 1. The zero-order chi connectivity index (χ0) is 15.4. The Labute approximate surface area is 128 Å². The Morgan fingerprint density at radius 1 is 1.43 bits per heavy atom. The maximum Gasteiger partial charge on any atom is 0.230 e. The van der Waals surface area contributed by atoms with Crippen molar-refractivity contribution in [3.05, 3.63) is 45.4 Å². The van der Waals surface area contributed by atoms with Crippen LogP contribution in [0.25, 0.3) is 0 Å². The Morgan fingerprint density at radius 3 is 2.81 bits per heavy atom. The van der Waals surface area contributed by atoms with Crippen molar-refractivity contribution in [2.24, 2.45) is 0 Å². The van der Waals surface area contributed by atoms with Gasteiger partial charge in [0.05, 0.1) is 23.7 Å². The predicted molar refractivity (Wildman–Crippen MR) is 85.6 cm³/mol. The van der Waals surface area contributed by atoms with Crippen molar-refractivity contribution in [3.63, 3.8) is 0 Å². The molecule has 0 atom stereocenters. The molecule has 1 heterocycles. The molecular formula is C16H20N2O2S. The van der Waals surface area contributed by atoms with Crippen LogP contribution in [0.15, 0.2) is 23.6 Å². The van der Waals surface area contributed by atoms with Crippen LogP contribution in [0.5, 0.6) is 0 Å². The number of hydrogen-bond acceptors (Lipinski definition) is 4. The van der Waals surface area contributed by atoms with Crippen LogP contribution in [0, 0.1) is 6.92 Å². The number of anilines is 1. The van der Waals surface area contributed by atoms with Gasteiger partial charge in [0.2, 0.25) is 5.91 Å². The highest BCUT2D eigenvalue weighted by atomic mass is 32.1. The summed E-state index contributed by atoms with van der Waals surface area (Å²) in [5.74, 6) is 0.295. The Kier molecular flexibility index (Phi) is 5.09. The molecule has 4 nitrogen and oxygen atoms in total. The highest BCUT2D eigenvalue weighted by Gasteiger charge is 2.11. The first kappa shape index (κ1) is 15.7. The topological polar surface area (TPSA) is 62.2 Å². The molecule has 1 aromatic heterocycles. The largest absolute Gasteiger partial charge is 0.392 e. The minimum absolute atomic E-state index is 0.0347. The predicted octanol–water partition coefficient (Wildman–Crippen LogP) is 3.25. The quantitative estimate of drug-likeness (QED) is 0.891. The van der Waals surface area contributed by atoms with Crippen LogP contribution in [0.4, 0.5) is 5.69 Å². The van der Waals surface area contributed by atoms with Gasteiger partial charge in [0.25, 0.3) is 0 Å². The fourth-order valence-electron chi connectivity index (χ4n) is 1.93. The van der Waals surface area contributed by atoms with Gasteiger partial charge in [0, 0.05) is 17.0 Å². The van der Waals surface area contributed by atoms with E-state index < -0.39 is 0 Å². The third-order valence-electron chi connectivity index (χ3n) is 3.16. The van der Waals surface area contributed by atoms with Crippen LogP contribution in [0.2, 0.25) is 0 Å². The summed E-state index contributed by atoms with van der Waals surface area (Å²) in [4.78, 5) is 16.6. The van der Waals surface area contributed by atoms with Crippen molar-refractivity contribution >= 4 is 22.9 Å². The van der Waals surface area contributed by atoms with E-state index in [0.717, 1.165) is 27.5 Å². The fraction of sp³-hybridized carbons (Fsp3) is 0.375. The molecule has 0 aliphatic rings. The van der Waals surface area contributed by atoms with Gasteiger partial charge in [-0.1, -0.05) is 26.0 Å². The second-order valence-electron chi connectivity index (χ2n) is 5.36. The summed E-state index contributed by atoms with van der Waals surface area (Å²) >= 11 is 1.59. The molecule has 0 bridgehead atoms. The van der Waals surface area contributed by atoms with Crippen LogP contribution < -0.4 is 5.32 Å². The number of aryl methyl sites for hydroxylation is 1. The van der Waals surface area contributed by atoms with Crippen LogP contribution in [0.1, 0.15) is 41.6 Å². The van der Waals surface area contributed by atoms with E-state index in [2.05, 4.69) is 24.1 Å². The second kappa shape index (κ2) is 6.83. The Balaban J connectivity index is 2.04. The Hall–Kier alpha value is -1.72. The van der Waals surface area contributed by atoms with Gasteiger partial charge < -0.3 is 10.4 Å². The zero-order valence-corrected chi connectivity index (χ0v) is 13.3. The average Bonchev–Trinajstić information content (AvgIpc) is 2.90. The first-order chi connectivity index (χ1) is 9.99. The van der Waals surface area contributed by atoms with Gasteiger partial charge >= 0.3 is 0 Å². The number of carbonyl (C=O) groups excluding carboxylic acids is 1. The second-order valence-corrected chi connectivity index (χ2v) is 6.25. The number of rotatable bonds is 5. The molecule has 1 amide bonds. The minimum atomic E-state index is -0.0891. The van der Waals surface area contributed by atoms with Crippen LogP contribution in [-0.2, 0) is 17.8 Å². The molecule has 0 fully saturated rings. The number of nitrogens with one attached hydrogen (secondary N) is 1. The summed E-state index contributed by atoms with van der Waals surface area (Å²) in [5.41, 5.74) is 3.30. The molecule has 5 heteroatoms. The molecule has 2 rings (SSSR count). The lowest BCUT2D eigenvalue weighted by Gasteiger charge is -2.09. The third kappa shape index (κ3) is 4.12. The van der Waals surface area contributed by atoms with E-state index in [0.29, 0.717) is 5.92 Å². The van der Waals surface area contributed by atoms with Crippen molar-refractivity contribution in [1.82, 2.24) is 4.98 Å². The molecule has 0 radical (unpaired) electrons. The third-order valence-corrected chi connectivity index (χ3v) is 4.36. The van der Waals surface area contributed by atoms with Crippen molar-refractivity contribution in [2.75, 3.05) is 5.32 Å². The molecule has 0 aliphatic carbocycles. The van der Waals surface area contributed by atoms with Gasteiger partial charge in [-0.25, -0.2) is 4.98 Å². The SMILES string of the molecule is Cc1ccc(CO)cc1NC(=O)Cc1csc(C(C)C)n1. The molecule has 0 spiro atoms. The van der Waals surface area contributed by atoms with E-state index in [1.807, 2.05) is 24.4 Å². The van der Waals surface area contributed by atoms with E-state index >= 15 is 0 Å². The molecule has 0 saturated heterocycles. The first-order valence-electron chi connectivity index (χ1n) is 6.94. The number of nitrogens with zero attached hydrogens (tertiary/aromatic N) is 1. The Bertz CT molecular complexity index is 635. The van der Waals surface area contributed by atoms with Crippen LogP contribution in [0.3, 0.4) is 0 Å². The molecule has 2 aromatic rings. The van der Waals surface area contributed by atoms with Gasteiger partial charge in [0.1, 0.15) is 0 Å². The maximum atomic E-state index is 12.1. The van der Waals surface area contributed by atoms with E-state index in [4.69, 9.17) is 5.11 Å². The number of thiazole rings is 1. The van der Waals surface area contributed by atoms with Crippen molar-refractivity contribution in [3.8, 4) is 0 Å². The number of benzene rings is 1. The number of aromatic nitrogens is 1. The zero-order valence-electron chi connectivity index (χ0n) is 12.5. The number of aliphatic hydroxyl groups is 1. The van der Waals surface area contributed by atoms with Gasteiger partial charge in [0.15, 0.2) is 0 Å². The molecule has 1 aromatic carbocycles. The van der Waals surface area contributed by atoms with Crippen molar-refractivity contribution in [2.45, 2.75) is 39.7 Å². The van der Waals surface area contributed by atoms with E-state index in [-0.39, 0.29) is 18.9 Å². The highest BCUT2D eigenvalue weighted by molar-refractivity contribution is 7.09. The molecule has 0 unspecified atom stereocenters. The van der Waals surface area contributed by atoms with Crippen molar-refractivity contribution in [1.29, 1.82) is 0 Å². The molecular weight excluding hydrogens is 284 g/mol. The lowest BCUT2D eigenvalue weighted by molar-refractivity contribution is -0.115. The lowest BCUT2D eigenvalue weighted by atomic mass is 10.1. The summed E-state index contributed by atoms with van der Waals surface area (Å²) in [6, 6.07) is 5.54. The van der Waals surface area contributed by atoms with E-state index in [9.17, 15) is 4.79 Å². The van der Waals surface area contributed by atoms with Gasteiger partial charge in [-0.2, -0.15) is 0 Å². The Morgan fingerprint density at radius 2 is 2.19 bits per heavy atom. The smallest absolute Gasteiger partial charge is 0.230 e. The summed E-state index contributed by atoms with van der Waals surface area (Å²) in [6.45, 7) is 6.07. The summed E-state index contributed by atoms with van der Waals surface area (Å²) in [5, 5.41) is 15.0. The fourth-order valence-corrected chi connectivity index (χ4v) is 2.77. The number of hydrogen-bond donors (Lipinski definition) is 2. The number of carbonyl (C=O) groups is 1. The molecule has 0 aliphatic heterocycles. The summed E-state index contributed by atoms with van der Waals surface area (Å²) < 4.78 is 0.